The lowest BCUT2D eigenvalue weighted by molar-refractivity contribution is -0.271. The molecule has 1 aliphatic rings. The predicted octanol–water partition coefficient (Wildman–Crippen LogP) is 1.69. The molecule has 2 aromatic rings. The summed E-state index contributed by atoms with van der Waals surface area (Å²) < 4.78 is 31.6. The van der Waals surface area contributed by atoms with Crippen LogP contribution in [-0.2, 0) is 19.6 Å². The van der Waals surface area contributed by atoms with E-state index in [9.17, 15) is 23.1 Å². The van der Waals surface area contributed by atoms with Crippen LogP contribution < -0.4 is 26.6 Å². The average molecular weight is 487 g/mol. The minimum absolute atomic E-state index is 0.0396. The Morgan fingerprint density at radius 2 is 1.94 bits per heavy atom. The molecule has 12 heteroatoms. The van der Waals surface area contributed by atoms with Gasteiger partial charge >= 0.3 is 0 Å². The zero-order valence-corrected chi connectivity index (χ0v) is 19.7. The highest BCUT2D eigenvalue weighted by Crippen LogP contribution is 2.38. The number of benzene rings is 1. The minimum atomic E-state index is -4.35. The SMILES string of the molecule is CC[C@@H](Nc1c(Nc2ccc(Cl)c(S(=O)(=O)N(C)OC)c2[O-])c(=O)c1=O)[C@H]1CC[C@@H](C)O1. The zero-order chi connectivity index (χ0) is 23.8. The van der Waals surface area contributed by atoms with Gasteiger partial charge in [0.2, 0.25) is 0 Å². The van der Waals surface area contributed by atoms with Gasteiger partial charge in [-0.3, -0.25) is 14.4 Å². The van der Waals surface area contributed by atoms with Crippen molar-refractivity contribution in [3.63, 3.8) is 0 Å². The van der Waals surface area contributed by atoms with Gasteiger partial charge in [0.1, 0.15) is 11.4 Å². The monoisotopic (exact) mass is 486 g/mol. The molecule has 1 saturated heterocycles. The summed E-state index contributed by atoms with van der Waals surface area (Å²) in [4.78, 5) is 28.4. The summed E-state index contributed by atoms with van der Waals surface area (Å²) in [6.45, 7) is 3.90. The van der Waals surface area contributed by atoms with E-state index in [4.69, 9.17) is 21.2 Å². The number of hydrogen-bond donors (Lipinski definition) is 2. The molecule has 0 aromatic heterocycles. The Kier molecular flexibility index (Phi) is 7.15. The van der Waals surface area contributed by atoms with Crippen molar-refractivity contribution < 1.29 is 23.1 Å². The minimum Gasteiger partial charge on any atom is -0.870 e. The molecule has 176 valence electrons. The molecular formula is C20H25ClN3O7S-. The van der Waals surface area contributed by atoms with E-state index in [1.165, 1.54) is 12.1 Å². The largest absolute Gasteiger partial charge is 0.870 e. The van der Waals surface area contributed by atoms with Crippen LogP contribution in [0.3, 0.4) is 0 Å². The van der Waals surface area contributed by atoms with Crippen LogP contribution in [0.4, 0.5) is 17.1 Å². The van der Waals surface area contributed by atoms with E-state index in [2.05, 4.69) is 10.6 Å². The molecule has 0 aliphatic carbocycles. The molecule has 0 radical (unpaired) electrons. The molecule has 0 spiro atoms. The van der Waals surface area contributed by atoms with Gasteiger partial charge in [0, 0.05) is 12.7 Å². The summed E-state index contributed by atoms with van der Waals surface area (Å²) in [6.07, 6.45) is 2.37. The first-order valence-electron chi connectivity index (χ1n) is 10.1. The van der Waals surface area contributed by atoms with Crippen LogP contribution in [0.25, 0.3) is 0 Å². The van der Waals surface area contributed by atoms with Crippen molar-refractivity contribution in [3.05, 3.63) is 37.6 Å². The maximum absolute atomic E-state index is 12.9. The first-order chi connectivity index (χ1) is 15.0. The second-order valence-corrected chi connectivity index (χ2v) is 9.89. The van der Waals surface area contributed by atoms with Gasteiger partial charge in [-0.1, -0.05) is 28.7 Å². The van der Waals surface area contributed by atoms with E-state index in [1.807, 2.05) is 13.8 Å². The molecule has 2 aromatic carbocycles. The van der Waals surface area contributed by atoms with Crippen LogP contribution in [0.2, 0.25) is 5.02 Å². The van der Waals surface area contributed by atoms with Gasteiger partial charge in [-0.25, -0.2) is 8.42 Å². The van der Waals surface area contributed by atoms with Crippen molar-refractivity contribution in [2.45, 2.75) is 56.3 Å². The van der Waals surface area contributed by atoms with Gasteiger partial charge in [-0.2, -0.15) is 0 Å². The third kappa shape index (κ3) is 4.35. The van der Waals surface area contributed by atoms with Crippen LogP contribution in [0.5, 0.6) is 5.75 Å². The Bertz CT molecular complexity index is 1180. The number of sulfonamides is 1. The van der Waals surface area contributed by atoms with Crippen molar-refractivity contribution in [2.24, 2.45) is 0 Å². The first-order valence-corrected chi connectivity index (χ1v) is 11.9. The summed E-state index contributed by atoms with van der Waals surface area (Å²) in [5, 5.41) is 18.3. The molecule has 32 heavy (non-hydrogen) atoms. The predicted molar refractivity (Wildman–Crippen MR) is 119 cm³/mol. The Labute approximate surface area is 190 Å². The molecule has 2 N–H and O–H groups in total. The molecule has 1 heterocycles. The Morgan fingerprint density at radius 3 is 2.50 bits per heavy atom. The fraction of sp³-hybridized carbons (Fsp3) is 0.500. The summed E-state index contributed by atoms with van der Waals surface area (Å²) in [5.41, 5.74) is -1.81. The number of anilines is 3. The van der Waals surface area contributed by atoms with Gasteiger partial charge in [-0.05, 0) is 38.3 Å². The van der Waals surface area contributed by atoms with Crippen LogP contribution in [0, 0.1) is 0 Å². The van der Waals surface area contributed by atoms with E-state index in [0.717, 1.165) is 27.0 Å². The van der Waals surface area contributed by atoms with E-state index in [-0.39, 0.29) is 40.3 Å². The third-order valence-electron chi connectivity index (χ3n) is 5.57. The van der Waals surface area contributed by atoms with Crippen LogP contribution >= 0.6 is 11.6 Å². The van der Waals surface area contributed by atoms with E-state index in [1.54, 1.807) is 0 Å². The van der Waals surface area contributed by atoms with E-state index >= 15 is 0 Å². The number of nitrogens with one attached hydrogen (secondary N) is 2. The van der Waals surface area contributed by atoms with Crippen LogP contribution in [0.15, 0.2) is 26.6 Å². The van der Waals surface area contributed by atoms with Gasteiger partial charge in [0.05, 0.1) is 35.3 Å². The molecule has 3 atom stereocenters. The number of nitrogens with zero attached hydrogens (tertiary/aromatic N) is 1. The van der Waals surface area contributed by atoms with Crippen molar-refractivity contribution in [3.8, 4) is 5.75 Å². The first kappa shape index (κ1) is 24.5. The maximum atomic E-state index is 12.9. The maximum Gasteiger partial charge on any atom is 0.265 e. The highest BCUT2D eigenvalue weighted by atomic mass is 35.5. The molecule has 1 aliphatic heterocycles. The number of ether oxygens (including phenoxy) is 1. The lowest BCUT2D eigenvalue weighted by Crippen LogP contribution is -2.42. The Hall–Kier alpha value is -2.18. The molecule has 10 nitrogen and oxygen atoms in total. The highest BCUT2D eigenvalue weighted by Gasteiger charge is 2.32. The van der Waals surface area contributed by atoms with Crippen molar-refractivity contribution in [1.29, 1.82) is 0 Å². The second-order valence-electron chi connectivity index (χ2n) is 7.61. The summed E-state index contributed by atoms with van der Waals surface area (Å²) in [6, 6.07) is 2.26. The summed E-state index contributed by atoms with van der Waals surface area (Å²) >= 11 is 5.98. The number of rotatable bonds is 9. The number of halogens is 1. The van der Waals surface area contributed by atoms with Crippen molar-refractivity contribution in [2.75, 3.05) is 24.8 Å². The Morgan fingerprint density at radius 1 is 1.28 bits per heavy atom. The van der Waals surface area contributed by atoms with Crippen molar-refractivity contribution in [1.82, 2.24) is 4.47 Å². The quantitative estimate of drug-likeness (QED) is 0.400. The topological polar surface area (TPSA) is 137 Å². The summed E-state index contributed by atoms with van der Waals surface area (Å²) in [5.74, 6) is -0.958. The molecule has 0 amide bonds. The normalized spacial score (nSPS) is 20.1. The third-order valence-corrected chi connectivity index (χ3v) is 7.75. The zero-order valence-electron chi connectivity index (χ0n) is 18.1. The lowest BCUT2D eigenvalue weighted by atomic mass is 10.0. The second kappa shape index (κ2) is 9.36. The highest BCUT2D eigenvalue weighted by molar-refractivity contribution is 7.89. The van der Waals surface area contributed by atoms with Crippen LogP contribution in [-0.4, -0.2) is 45.3 Å². The van der Waals surface area contributed by atoms with Gasteiger partial charge in [0.25, 0.3) is 20.9 Å². The molecule has 0 bridgehead atoms. The van der Waals surface area contributed by atoms with E-state index in [0.29, 0.717) is 10.9 Å². The molecular weight excluding hydrogens is 462 g/mol. The Balaban J connectivity index is 1.93. The lowest BCUT2D eigenvalue weighted by Gasteiger charge is -2.27. The van der Waals surface area contributed by atoms with E-state index < -0.39 is 31.5 Å². The number of hydrogen-bond acceptors (Lipinski definition) is 9. The van der Waals surface area contributed by atoms with Gasteiger partial charge in [0.15, 0.2) is 0 Å². The number of hydroxylamine groups is 1. The fourth-order valence-electron chi connectivity index (χ4n) is 3.66. The molecule has 3 rings (SSSR count). The smallest absolute Gasteiger partial charge is 0.265 e. The standard InChI is InChI=1S/C20H26ClN3O7S/c1-5-12(14-9-6-10(2)31-14)22-15-16(19(27)18(15)26)23-13-8-7-11(21)20(17(13)25)32(28,29)24(3)30-4/h7-8,10,12,14,22-23,25H,5-6,9H2,1-4H3/p-1/t10-,12-,14-/m1/s1. The fourth-order valence-corrected chi connectivity index (χ4v) is 5.21. The molecule has 0 saturated carbocycles. The average Bonchev–Trinajstić information content (AvgIpc) is 3.19. The molecule has 1 fully saturated rings. The molecule has 0 unspecified atom stereocenters. The summed E-state index contributed by atoms with van der Waals surface area (Å²) in [7, 11) is -2.11. The van der Waals surface area contributed by atoms with Gasteiger partial charge < -0.3 is 20.5 Å². The van der Waals surface area contributed by atoms with Gasteiger partial charge in [-0.15, -0.1) is 0 Å². The van der Waals surface area contributed by atoms with Crippen molar-refractivity contribution >= 4 is 38.7 Å². The van der Waals surface area contributed by atoms with Crippen LogP contribution in [0.1, 0.15) is 33.1 Å².